The van der Waals surface area contributed by atoms with Crippen LogP contribution in [0.25, 0.3) is 0 Å². The second kappa shape index (κ2) is 9.30. The van der Waals surface area contributed by atoms with Gasteiger partial charge in [-0.15, -0.1) is 0 Å². The summed E-state index contributed by atoms with van der Waals surface area (Å²) in [6, 6.07) is 22.7. The number of hydrogen-bond donors (Lipinski definition) is 2. The number of amides is 2. The van der Waals surface area contributed by atoms with Crippen LogP contribution in [-0.4, -0.2) is 18.4 Å². The van der Waals surface area contributed by atoms with Gasteiger partial charge in [0, 0.05) is 18.7 Å². The van der Waals surface area contributed by atoms with Gasteiger partial charge in [-0.2, -0.15) is 0 Å². The zero-order chi connectivity index (χ0) is 21.6. The second-order valence-corrected chi connectivity index (χ2v) is 7.27. The van der Waals surface area contributed by atoms with Gasteiger partial charge in [-0.25, -0.2) is 4.39 Å². The van der Waals surface area contributed by atoms with Crippen LogP contribution >= 0.6 is 0 Å². The predicted molar refractivity (Wildman–Crippen MR) is 116 cm³/mol. The third kappa shape index (κ3) is 5.01. The number of carbonyl (C=O) groups is 2. The maximum atomic E-state index is 13.1. The van der Waals surface area contributed by atoms with Crippen LogP contribution in [0, 0.1) is 11.7 Å². The van der Waals surface area contributed by atoms with Crippen molar-refractivity contribution in [2.24, 2.45) is 5.92 Å². The maximum absolute atomic E-state index is 13.1. The molecule has 2 N–H and O–H groups in total. The monoisotopic (exact) mass is 419 g/mol. The number of hydrogen-bond acceptors (Lipinski definition) is 4. The number of halogens is 1. The van der Waals surface area contributed by atoms with Gasteiger partial charge in [-0.1, -0.05) is 42.5 Å². The fourth-order valence-corrected chi connectivity index (χ4v) is 3.42. The van der Waals surface area contributed by atoms with E-state index in [1.54, 1.807) is 6.07 Å². The van der Waals surface area contributed by atoms with Gasteiger partial charge < -0.3 is 9.64 Å². The number of para-hydroxylation sites is 2. The fourth-order valence-electron chi connectivity index (χ4n) is 3.42. The molecule has 1 aliphatic heterocycles. The summed E-state index contributed by atoms with van der Waals surface area (Å²) in [7, 11) is 0. The van der Waals surface area contributed by atoms with Gasteiger partial charge in [0.15, 0.2) is 0 Å². The summed E-state index contributed by atoms with van der Waals surface area (Å²) in [6.07, 6.45) is 0.0943. The molecule has 0 aliphatic carbocycles. The van der Waals surface area contributed by atoms with Gasteiger partial charge in [0.1, 0.15) is 18.2 Å². The zero-order valence-electron chi connectivity index (χ0n) is 16.8. The Kier molecular flexibility index (Phi) is 6.12. The molecule has 0 unspecified atom stereocenters. The molecule has 0 spiro atoms. The first kappa shape index (κ1) is 20.4. The van der Waals surface area contributed by atoms with Gasteiger partial charge in [-0.3, -0.25) is 20.4 Å². The Balaban J connectivity index is 1.35. The summed E-state index contributed by atoms with van der Waals surface area (Å²) in [4.78, 5) is 26.5. The largest absolute Gasteiger partial charge is 0.487 e. The number of nitrogens with zero attached hydrogens (tertiary/aromatic N) is 1. The van der Waals surface area contributed by atoms with Crippen molar-refractivity contribution in [1.82, 2.24) is 5.43 Å². The molecule has 31 heavy (non-hydrogen) atoms. The highest BCUT2D eigenvalue weighted by atomic mass is 19.1. The number of anilines is 2. The Morgan fingerprint density at radius 2 is 1.71 bits per heavy atom. The summed E-state index contributed by atoms with van der Waals surface area (Å²) < 4.78 is 19.0. The van der Waals surface area contributed by atoms with Gasteiger partial charge in [-0.05, 0) is 42.0 Å². The molecule has 0 saturated carbocycles. The number of benzene rings is 3. The van der Waals surface area contributed by atoms with Crippen LogP contribution in [0.5, 0.6) is 5.75 Å². The summed E-state index contributed by atoms with van der Waals surface area (Å²) in [5.74, 6) is -0.749. The first-order chi connectivity index (χ1) is 15.1. The fraction of sp³-hybridized carbons (Fsp3) is 0.167. The lowest BCUT2D eigenvalue weighted by Crippen LogP contribution is -2.36. The van der Waals surface area contributed by atoms with Crippen LogP contribution in [0.4, 0.5) is 15.8 Å². The average Bonchev–Trinajstić information content (AvgIpc) is 3.19. The Morgan fingerprint density at radius 1 is 1.00 bits per heavy atom. The molecule has 1 saturated heterocycles. The lowest BCUT2D eigenvalue weighted by Gasteiger charge is -2.17. The van der Waals surface area contributed by atoms with Gasteiger partial charge in [0.25, 0.3) is 0 Å². The highest BCUT2D eigenvalue weighted by Gasteiger charge is 2.35. The van der Waals surface area contributed by atoms with E-state index in [2.05, 4.69) is 10.9 Å². The van der Waals surface area contributed by atoms with E-state index in [1.165, 1.54) is 29.2 Å². The molecule has 4 rings (SSSR count). The third-order valence-electron chi connectivity index (χ3n) is 5.08. The zero-order valence-corrected chi connectivity index (χ0v) is 16.8. The summed E-state index contributed by atoms with van der Waals surface area (Å²) in [6.45, 7) is 0.640. The molecule has 7 heteroatoms. The van der Waals surface area contributed by atoms with Crippen molar-refractivity contribution in [2.45, 2.75) is 13.0 Å². The van der Waals surface area contributed by atoms with Crippen molar-refractivity contribution in [1.29, 1.82) is 0 Å². The SMILES string of the molecule is O=C(NNc1ccccc1OCc1ccccc1)[C@@H]1CC(=O)N(c2ccc(F)cc2)C1. The minimum absolute atomic E-state index is 0.0943. The topological polar surface area (TPSA) is 70.7 Å². The molecular weight excluding hydrogens is 397 g/mol. The highest BCUT2D eigenvalue weighted by molar-refractivity contribution is 6.00. The quantitative estimate of drug-likeness (QED) is 0.570. The first-order valence-electron chi connectivity index (χ1n) is 9.98. The number of nitrogens with one attached hydrogen (secondary N) is 2. The molecule has 3 aromatic carbocycles. The van der Waals surface area contributed by atoms with Gasteiger partial charge in [0.2, 0.25) is 11.8 Å². The van der Waals surface area contributed by atoms with E-state index < -0.39 is 5.92 Å². The Bertz CT molecular complexity index is 1060. The number of rotatable bonds is 7. The molecule has 1 heterocycles. The maximum Gasteiger partial charge on any atom is 0.243 e. The van der Waals surface area contributed by atoms with Crippen molar-refractivity contribution in [3.8, 4) is 5.75 Å². The molecule has 2 amide bonds. The molecule has 0 bridgehead atoms. The van der Waals surface area contributed by atoms with E-state index in [0.717, 1.165) is 5.56 Å². The van der Waals surface area contributed by atoms with E-state index in [0.29, 0.717) is 23.7 Å². The average molecular weight is 419 g/mol. The van der Waals surface area contributed by atoms with Crippen LogP contribution in [0.15, 0.2) is 78.9 Å². The Morgan fingerprint density at radius 3 is 2.48 bits per heavy atom. The van der Waals surface area contributed by atoms with Crippen molar-refractivity contribution in [3.05, 3.63) is 90.2 Å². The van der Waals surface area contributed by atoms with E-state index in [9.17, 15) is 14.0 Å². The Hall–Kier alpha value is -3.87. The number of carbonyl (C=O) groups excluding carboxylic acids is 2. The van der Waals surface area contributed by atoms with Crippen molar-refractivity contribution in [2.75, 3.05) is 16.9 Å². The lowest BCUT2D eigenvalue weighted by molar-refractivity contribution is -0.125. The summed E-state index contributed by atoms with van der Waals surface area (Å²) in [5, 5.41) is 0. The molecule has 0 radical (unpaired) electrons. The lowest BCUT2D eigenvalue weighted by atomic mass is 10.1. The van der Waals surface area contributed by atoms with Crippen LogP contribution in [-0.2, 0) is 16.2 Å². The van der Waals surface area contributed by atoms with E-state index >= 15 is 0 Å². The van der Waals surface area contributed by atoms with E-state index in [1.807, 2.05) is 48.5 Å². The standard InChI is InChI=1S/C24H22FN3O3/c25-19-10-12-20(13-11-19)28-15-18(14-23(28)29)24(30)27-26-21-8-4-5-9-22(21)31-16-17-6-2-1-3-7-17/h1-13,18,26H,14-16H2,(H,27,30)/t18-/m1/s1. The second-order valence-electron chi connectivity index (χ2n) is 7.27. The molecule has 1 fully saturated rings. The first-order valence-corrected chi connectivity index (χ1v) is 9.98. The smallest absolute Gasteiger partial charge is 0.243 e. The highest BCUT2D eigenvalue weighted by Crippen LogP contribution is 2.27. The number of hydrazine groups is 1. The molecule has 6 nitrogen and oxygen atoms in total. The Labute approximate surface area is 179 Å². The van der Waals surface area contributed by atoms with Crippen molar-refractivity contribution >= 4 is 23.2 Å². The van der Waals surface area contributed by atoms with Crippen molar-refractivity contribution in [3.63, 3.8) is 0 Å². The normalized spacial score (nSPS) is 15.6. The molecule has 0 aromatic heterocycles. The van der Waals surface area contributed by atoms with Crippen LogP contribution in [0.1, 0.15) is 12.0 Å². The van der Waals surface area contributed by atoms with E-state index in [-0.39, 0.29) is 30.6 Å². The summed E-state index contributed by atoms with van der Waals surface area (Å²) >= 11 is 0. The van der Waals surface area contributed by atoms with E-state index in [4.69, 9.17) is 4.74 Å². The third-order valence-corrected chi connectivity index (χ3v) is 5.08. The molecule has 1 aliphatic rings. The van der Waals surface area contributed by atoms with Gasteiger partial charge >= 0.3 is 0 Å². The minimum Gasteiger partial charge on any atom is -0.487 e. The van der Waals surface area contributed by atoms with Crippen LogP contribution < -0.4 is 20.5 Å². The van der Waals surface area contributed by atoms with Gasteiger partial charge in [0.05, 0.1) is 11.6 Å². The predicted octanol–water partition coefficient (Wildman–Crippen LogP) is 3.90. The summed E-state index contributed by atoms with van der Waals surface area (Å²) in [5.41, 5.74) is 7.80. The van der Waals surface area contributed by atoms with Crippen molar-refractivity contribution < 1.29 is 18.7 Å². The molecular formula is C24H22FN3O3. The number of ether oxygens (including phenoxy) is 1. The van der Waals surface area contributed by atoms with Crippen LogP contribution in [0.3, 0.4) is 0 Å². The molecule has 3 aromatic rings. The molecule has 158 valence electrons. The minimum atomic E-state index is -0.512. The molecule has 1 atom stereocenters. The van der Waals surface area contributed by atoms with Crippen LogP contribution in [0.2, 0.25) is 0 Å².